The zero-order valence-electron chi connectivity index (χ0n) is 10.2. The Morgan fingerprint density at radius 3 is 2.74 bits per heavy atom. The van der Waals surface area contributed by atoms with E-state index in [-0.39, 0.29) is 0 Å². The maximum atomic E-state index is 6.11. The second kappa shape index (κ2) is 5.15. The highest BCUT2D eigenvalue weighted by atomic mass is 35.5. The molecular formula is C14H11ClN2OS. The van der Waals surface area contributed by atoms with Gasteiger partial charge in [0.2, 0.25) is 0 Å². The van der Waals surface area contributed by atoms with Crippen LogP contribution in [0.1, 0.15) is 6.92 Å². The minimum Gasteiger partial charge on any atom is -0.453 e. The molecule has 0 spiro atoms. The third kappa shape index (κ3) is 2.55. The van der Waals surface area contributed by atoms with Crippen molar-refractivity contribution in [2.24, 2.45) is 4.99 Å². The quantitative estimate of drug-likeness (QED) is 0.807. The highest BCUT2D eigenvalue weighted by Crippen LogP contribution is 2.42. The number of nitrogens with zero attached hydrogens (tertiary/aromatic N) is 1. The Hall–Kier alpha value is -1.65. The molecule has 0 amide bonds. The van der Waals surface area contributed by atoms with E-state index in [0.717, 1.165) is 16.4 Å². The lowest BCUT2D eigenvalue weighted by atomic mass is 10.3. The minimum absolute atomic E-state index is 0.586. The lowest BCUT2D eigenvalue weighted by molar-refractivity contribution is 0.483. The fourth-order valence-corrected chi connectivity index (χ4v) is 2.61. The first-order valence-electron chi connectivity index (χ1n) is 5.77. The molecule has 2 aromatic carbocycles. The van der Waals surface area contributed by atoms with E-state index in [1.165, 1.54) is 11.9 Å². The molecule has 0 saturated heterocycles. The van der Waals surface area contributed by atoms with Crippen molar-refractivity contribution in [3.8, 4) is 11.5 Å². The number of hydrogen-bond donors (Lipinski definition) is 1. The molecule has 0 atom stereocenters. The third-order valence-electron chi connectivity index (χ3n) is 2.61. The molecule has 3 nitrogen and oxygen atoms in total. The van der Waals surface area contributed by atoms with Gasteiger partial charge in [0.05, 0.1) is 9.92 Å². The van der Waals surface area contributed by atoms with Gasteiger partial charge in [-0.3, -0.25) is 0 Å². The van der Waals surface area contributed by atoms with Crippen LogP contribution in [0, 0.1) is 0 Å². The molecule has 1 heterocycles. The smallest absolute Gasteiger partial charge is 0.154 e. The van der Waals surface area contributed by atoms with E-state index in [1.54, 1.807) is 6.07 Å². The molecule has 1 N–H and O–H groups in total. The molecule has 0 fully saturated rings. The first-order chi connectivity index (χ1) is 9.24. The van der Waals surface area contributed by atoms with Crippen LogP contribution in [0.2, 0.25) is 5.02 Å². The van der Waals surface area contributed by atoms with Crippen LogP contribution >= 0.6 is 23.5 Å². The van der Waals surface area contributed by atoms with Crippen molar-refractivity contribution in [1.82, 2.24) is 4.72 Å². The maximum Gasteiger partial charge on any atom is 0.154 e. The predicted octanol–water partition coefficient (Wildman–Crippen LogP) is 4.79. The van der Waals surface area contributed by atoms with Gasteiger partial charge in [-0.1, -0.05) is 29.8 Å². The van der Waals surface area contributed by atoms with Gasteiger partial charge in [0, 0.05) is 0 Å². The third-order valence-corrected chi connectivity index (χ3v) is 3.87. The number of ether oxygens (including phenoxy) is 1. The second-order valence-corrected chi connectivity index (χ2v) is 5.29. The summed E-state index contributed by atoms with van der Waals surface area (Å²) in [6, 6.07) is 13.2. The second-order valence-electron chi connectivity index (χ2n) is 4.04. The van der Waals surface area contributed by atoms with Crippen molar-refractivity contribution < 1.29 is 4.74 Å². The Balaban J connectivity index is 2.02. The van der Waals surface area contributed by atoms with Gasteiger partial charge in [-0.05, 0) is 43.1 Å². The van der Waals surface area contributed by atoms with Crippen LogP contribution in [0.15, 0.2) is 52.4 Å². The van der Waals surface area contributed by atoms with Gasteiger partial charge < -0.3 is 9.46 Å². The summed E-state index contributed by atoms with van der Waals surface area (Å²) >= 11 is 7.64. The summed E-state index contributed by atoms with van der Waals surface area (Å²) < 4.78 is 9.00. The molecule has 0 radical (unpaired) electrons. The lowest BCUT2D eigenvalue weighted by Gasteiger charge is -2.17. The standard InChI is InChI=1S/C14H11ClN2OS/c1-9-16-14-12(7-4-8-13(14)19-17-9)18-11-6-3-2-5-10(11)15/h2-8H,1H3,(H,16,17). The largest absolute Gasteiger partial charge is 0.453 e. The van der Waals surface area contributed by atoms with Crippen LogP contribution in [0.4, 0.5) is 5.69 Å². The average Bonchev–Trinajstić information content (AvgIpc) is 2.42. The van der Waals surface area contributed by atoms with Crippen LogP contribution in [0.5, 0.6) is 11.5 Å². The van der Waals surface area contributed by atoms with Gasteiger partial charge in [-0.15, -0.1) is 0 Å². The number of para-hydroxylation sites is 2. The van der Waals surface area contributed by atoms with Crippen molar-refractivity contribution in [3.05, 3.63) is 47.5 Å². The Labute approximate surface area is 120 Å². The molecular weight excluding hydrogens is 280 g/mol. The van der Waals surface area contributed by atoms with Gasteiger partial charge in [0.15, 0.2) is 5.75 Å². The van der Waals surface area contributed by atoms with Crippen LogP contribution in [-0.2, 0) is 0 Å². The van der Waals surface area contributed by atoms with E-state index >= 15 is 0 Å². The van der Waals surface area contributed by atoms with Gasteiger partial charge in [-0.25, -0.2) is 4.99 Å². The zero-order chi connectivity index (χ0) is 13.2. The predicted molar refractivity (Wildman–Crippen MR) is 79.7 cm³/mol. The summed E-state index contributed by atoms with van der Waals surface area (Å²) in [7, 11) is 0. The summed E-state index contributed by atoms with van der Waals surface area (Å²) in [5.74, 6) is 2.20. The molecule has 2 aromatic rings. The minimum atomic E-state index is 0.586. The fraction of sp³-hybridized carbons (Fsp3) is 0.0714. The number of nitrogens with one attached hydrogen (secondary N) is 1. The molecule has 0 aromatic heterocycles. The number of amidine groups is 1. The first kappa shape index (κ1) is 12.4. The molecule has 3 rings (SSSR count). The van der Waals surface area contributed by atoms with E-state index in [0.29, 0.717) is 16.5 Å². The van der Waals surface area contributed by atoms with Gasteiger partial charge in [-0.2, -0.15) is 0 Å². The summed E-state index contributed by atoms with van der Waals surface area (Å²) in [5.41, 5.74) is 0.837. The maximum absolute atomic E-state index is 6.11. The summed E-state index contributed by atoms with van der Waals surface area (Å²) in [5, 5.41) is 0.586. The molecule has 0 aliphatic carbocycles. The number of fused-ring (bicyclic) bond motifs is 1. The van der Waals surface area contributed by atoms with E-state index < -0.39 is 0 Å². The normalized spacial score (nSPS) is 13.3. The monoisotopic (exact) mass is 290 g/mol. The van der Waals surface area contributed by atoms with Crippen molar-refractivity contribution in [3.63, 3.8) is 0 Å². The highest BCUT2D eigenvalue weighted by molar-refractivity contribution is 7.98. The molecule has 19 heavy (non-hydrogen) atoms. The van der Waals surface area contributed by atoms with Crippen LogP contribution < -0.4 is 9.46 Å². The van der Waals surface area contributed by atoms with Gasteiger partial charge >= 0.3 is 0 Å². The fourth-order valence-electron chi connectivity index (χ4n) is 1.74. The van der Waals surface area contributed by atoms with E-state index in [9.17, 15) is 0 Å². The topological polar surface area (TPSA) is 33.6 Å². The van der Waals surface area contributed by atoms with Crippen molar-refractivity contribution >= 4 is 35.1 Å². The van der Waals surface area contributed by atoms with Crippen LogP contribution in [0.3, 0.4) is 0 Å². The van der Waals surface area contributed by atoms with Gasteiger partial charge in [0.25, 0.3) is 0 Å². The van der Waals surface area contributed by atoms with Gasteiger partial charge in [0.1, 0.15) is 17.3 Å². The number of halogens is 1. The summed E-state index contributed by atoms with van der Waals surface area (Å²) in [6.45, 7) is 1.92. The summed E-state index contributed by atoms with van der Waals surface area (Å²) in [6.07, 6.45) is 0. The molecule has 5 heteroatoms. The molecule has 96 valence electrons. The lowest BCUT2D eigenvalue weighted by Crippen LogP contribution is -2.14. The van der Waals surface area contributed by atoms with E-state index in [2.05, 4.69) is 9.71 Å². The molecule has 0 unspecified atom stereocenters. The van der Waals surface area contributed by atoms with Crippen molar-refractivity contribution in [1.29, 1.82) is 0 Å². The Bertz CT molecular complexity index is 658. The number of benzene rings is 2. The van der Waals surface area contributed by atoms with E-state index in [4.69, 9.17) is 16.3 Å². The van der Waals surface area contributed by atoms with Crippen LogP contribution in [0.25, 0.3) is 0 Å². The van der Waals surface area contributed by atoms with E-state index in [1.807, 2.05) is 43.3 Å². The van der Waals surface area contributed by atoms with Crippen LogP contribution in [-0.4, -0.2) is 5.84 Å². The van der Waals surface area contributed by atoms with Crippen molar-refractivity contribution in [2.75, 3.05) is 0 Å². The van der Waals surface area contributed by atoms with Crippen molar-refractivity contribution in [2.45, 2.75) is 11.8 Å². The molecule has 0 saturated carbocycles. The Morgan fingerprint density at radius 1 is 1.11 bits per heavy atom. The Kier molecular flexibility index (Phi) is 3.36. The average molecular weight is 291 g/mol. The zero-order valence-corrected chi connectivity index (χ0v) is 11.8. The first-order valence-corrected chi connectivity index (χ1v) is 6.97. The summed E-state index contributed by atoms with van der Waals surface area (Å²) in [4.78, 5) is 5.53. The highest BCUT2D eigenvalue weighted by Gasteiger charge is 2.15. The number of aliphatic imine (C=N–C) groups is 1. The SMILES string of the molecule is CC1=Nc2c(Oc3ccccc3Cl)cccc2SN1. The Morgan fingerprint density at radius 2 is 1.89 bits per heavy atom. The molecule has 1 aliphatic rings. The number of hydrogen-bond acceptors (Lipinski definition) is 4. The molecule has 0 bridgehead atoms. The molecule has 1 aliphatic heterocycles. The number of rotatable bonds is 2.